The van der Waals surface area contributed by atoms with E-state index in [0.29, 0.717) is 0 Å². The second-order valence-electron chi connectivity index (χ2n) is 6.65. The molecule has 0 aromatic heterocycles. The Balaban J connectivity index is 2.63. The molecule has 0 bridgehead atoms. The van der Waals surface area contributed by atoms with E-state index in [1.165, 1.54) is 25.4 Å². The number of non-ortho nitro benzene ring substituents is 1. The van der Waals surface area contributed by atoms with Crippen molar-refractivity contribution in [1.29, 1.82) is 5.26 Å². The summed E-state index contributed by atoms with van der Waals surface area (Å²) in [6, 6.07) is 5.41. The maximum Gasteiger partial charge on any atom is 0.407 e. The van der Waals surface area contributed by atoms with E-state index in [0.717, 1.165) is 6.07 Å². The van der Waals surface area contributed by atoms with Crippen LogP contribution in [0.4, 0.5) is 16.2 Å². The average Bonchev–Trinajstić information content (AvgIpc) is 2.63. The number of carbonyl (C=O) groups excluding carboxylic acids is 2. The molecule has 0 unspecified atom stereocenters. The lowest BCUT2D eigenvalue weighted by atomic mass is 10.2. The second kappa shape index (κ2) is 10.5. The number of nitrogens with one attached hydrogen (secondary N) is 3. The van der Waals surface area contributed by atoms with Gasteiger partial charge in [0.25, 0.3) is 11.6 Å². The van der Waals surface area contributed by atoms with Crippen LogP contribution in [0.15, 0.2) is 30.0 Å². The van der Waals surface area contributed by atoms with Gasteiger partial charge in [-0.3, -0.25) is 14.9 Å². The SMILES string of the molecule is COc1cc([N+](=O)[O-])ccc1NC(=O)/C(C#N)=C\NCCNC(=O)OC(C)(C)C. The van der Waals surface area contributed by atoms with E-state index in [9.17, 15) is 19.7 Å². The molecule has 0 aliphatic heterocycles. The van der Waals surface area contributed by atoms with E-state index >= 15 is 0 Å². The standard InChI is InChI=1S/C18H23N5O6/c1-18(2,3)29-17(25)21-8-7-20-11-12(10-19)16(24)22-14-6-5-13(23(26)27)9-15(14)28-4/h5-6,9,11,20H,7-8H2,1-4H3,(H,21,25)(H,22,24)/b12-11-. The molecular weight excluding hydrogens is 382 g/mol. The van der Waals surface area contributed by atoms with E-state index in [1.54, 1.807) is 26.8 Å². The van der Waals surface area contributed by atoms with Gasteiger partial charge < -0.3 is 25.4 Å². The summed E-state index contributed by atoms with van der Waals surface area (Å²) in [5.41, 5.74) is -0.865. The van der Waals surface area contributed by atoms with Crippen molar-refractivity contribution in [2.24, 2.45) is 0 Å². The Labute approximate surface area is 167 Å². The fourth-order valence-corrected chi connectivity index (χ4v) is 1.96. The molecule has 0 saturated carbocycles. The molecule has 29 heavy (non-hydrogen) atoms. The third kappa shape index (κ3) is 8.17. The zero-order valence-electron chi connectivity index (χ0n) is 16.6. The zero-order valence-corrected chi connectivity index (χ0v) is 16.6. The number of methoxy groups -OCH3 is 1. The molecule has 1 aromatic rings. The largest absolute Gasteiger partial charge is 0.494 e. The number of benzene rings is 1. The first-order chi connectivity index (χ1) is 13.6. The molecule has 0 radical (unpaired) electrons. The lowest BCUT2D eigenvalue weighted by Gasteiger charge is -2.19. The van der Waals surface area contributed by atoms with Crippen LogP contribution in [0.3, 0.4) is 0 Å². The summed E-state index contributed by atoms with van der Waals surface area (Å²) in [5.74, 6) is -0.647. The zero-order chi connectivity index (χ0) is 22.0. The van der Waals surface area contributed by atoms with Crippen LogP contribution >= 0.6 is 0 Å². The third-order valence-corrected chi connectivity index (χ3v) is 3.19. The van der Waals surface area contributed by atoms with Crippen molar-refractivity contribution < 1.29 is 24.0 Å². The summed E-state index contributed by atoms with van der Waals surface area (Å²) in [5, 5.41) is 27.7. The Morgan fingerprint density at radius 1 is 1.31 bits per heavy atom. The van der Waals surface area contributed by atoms with Gasteiger partial charge in [-0.2, -0.15) is 5.26 Å². The number of ether oxygens (including phenoxy) is 2. The van der Waals surface area contributed by atoms with Gasteiger partial charge in [0.15, 0.2) is 0 Å². The van der Waals surface area contributed by atoms with Gasteiger partial charge in [-0.05, 0) is 26.8 Å². The Morgan fingerprint density at radius 3 is 2.55 bits per heavy atom. The van der Waals surface area contributed by atoms with E-state index in [4.69, 9.17) is 14.7 Å². The molecular formula is C18H23N5O6. The van der Waals surface area contributed by atoms with Gasteiger partial charge in [0.05, 0.1) is 23.8 Å². The molecule has 156 valence electrons. The van der Waals surface area contributed by atoms with Crippen LogP contribution in [0.1, 0.15) is 20.8 Å². The van der Waals surface area contributed by atoms with Crippen molar-refractivity contribution in [1.82, 2.24) is 10.6 Å². The molecule has 3 N–H and O–H groups in total. The highest BCUT2D eigenvalue weighted by molar-refractivity contribution is 6.07. The van der Waals surface area contributed by atoms with E-state index in [2.05, 4.69) is 16.0 Å². The minimum atomic E-state index is -0.729. The number of nitriles is 1. The highest BCUT2D eigenvalue weighted by atomic mass is 16.6. The van der Waals surface area contributed by atoms with Crippen molar-refractivity contribution in [2.45, 2.75) is 26.4 Å². The number of anilines is 1. The first-order valence-electron chi connectivity index (χ1n) is 8.51. The fourth-order valence-electron chi connectivity index (χ4n) is 1.96. The highest BCUT2D eigenvalue weighted by Crippen LogP contribution is 2.29. The van der Waals surface area contributed by atoms with Crippen molar-refractivity contribution >= 4 is 23.4 Å². The molecule has 0 aliphatic rings. The number of rotatable bonds is 8. The maximum absolute atomic E-state index is 12.2. The van der Waals surface area contributed by atoms with Gasteiger partial charge in [-0.15, -0.1) is 0 Å². The first-order valence-corrected chi connectivity index (χ1v) is 8.51. The lowest BCUT2D eigenvalue weighted by Crippen LogP contribution is -2.35. The summed E-state index contributed by atoms with van der Waals surface area (Å²) in [6.07, 6.45) is 0.621. The highest BCUT2D eigenvalue weighted by Gasteiger charge is 2.16. The van der Waals surface area contributed by atoms with E-state index in [1.807, 2.05) is 0 Å². The fraction of sp³-hybridized carbons (Fsp3) is 0.389. The van der Waals surface area contributed by atoms with Crippen LogP contribution < -0.4 is 20.7 Å². The van der Waals surface area contributed by atoms with Gasteiger partial charge in [-0.25, -0.2) is 4.79 Å². The molecule has 0 aliphatic carbocycles. The van der Waals surface area contributed by atoms with E-state index < -0.39 is 22.5 Å². The Hall–Kier alpha value is -3.81. The van der Waals surface area contributed by atoms with Crippen molar-refractivity contribution in [3.8, 4) is 11.8 Å². The molecule has 0 fully saturated rings. The molecule has 0 atom stereocenters. The predicted molar refractivity (Wildman–Crippen MR) is 104 cm³/mol. The second-order valence-corrected chi connectivity index (χ2v) is 6.65. The topological polar surface area (TPSA) is 156 Å². The number of amides is 2. The summed E-state index contributed by atoms with van der Waals surface area (Å²) in [6.45, 7) is 5.68. The predicted octanol–water partition coefficient (Wildman–Crippen LogP) is 2.06. The average molecular weight is 405 g/mol. The van der Waals surface area contributed by atoms with Crippen LogP contribution in [0.25, 0.3) is 0 Å². The summed E-state index contributed by atoms with van der Waals surface area (Å²) in [7, 11) is 1.30. The van der Waals surface area contributed by atoms with Gasteiger partial charge in [0.2, 0.25) is 0 Å². The van der Waals surface area contributed by atoms with Crippen LogP contribution in [-0.4, -0.2) is 42.7 Å². The molecule has 2 amide bonds. The van der Waals surface area contributed by atoms with E-state index in [-0.39, 0.29) is 35.8 Å². The number of carbonyl (C=O) groups is 2. The van der Waals surface area contributed by atoms with Crippen molar-refractivity contribution in [3.63, 3.8) is 0 Å². The minimum Gasteiger partial charge on any atom is -0.494 e. The number of alkyl carbamates (subject to hydrolysis) is 1. The summed E-state index contributed by atoms with van der Waals surface area (Å²) < 4.78 is 10.1. The van der Waals surface area contributed by atoms with Gasteiger partial charge in [0, 0.05) is 25.4 Å². The molecule has 1 rings (SSSR count). The van der Waals surface area contributed by atoms with Crippen molar-refractivity contribution in [2.75, 3.05) is 25.5 Å². The van der Waals surface area contributed by atoms with Crippen molar-refractivity contribution in [3.05, 3.63) is 40.1 Å². The molecule has 0 heterocycles. The van der Waals surface area contributed by atoms with Gasteiger partial charge in [0.1, 0.15) is 23.0 Å². The Kier molecular flexibility index (Phi) is 8.41. The monoisotopic (exact) mass is 405 g/mol. The maximum atomic E-state index is 12.2. The molecule has 11 nitrogen and oxygen atoms in total. The third-order valence-electron chi connectivity index (χ3n) is 3.19. The summed E-state index contributed by atoms with van der Waals surface area (Å²) >= 11 is 0. The summed E-state index contributed by atoms with van der Waals surface area (Å²) in [4.78, 5) is 34.0. The molecule has 0 saturated heterocycles. The Morgan fingerprint density at radius 2 is 2.00 bits per heavy atom. The first kappa shape index (κ1) is 23.2. The molecule has 1 aromatic carbocycles. The Bertz CT molecular complexity index is 838. The molecule has 11 heteroatoms. The van der Waals surface area contributed by atoms with Crippen LogP contribution in [0, 0.1) is 21.4 Å². The molecule has 0 spiro atoms. The van der Waals surface area contributed by atoms with Crippen LogP contribution in [0.5, 0.6) is 5.75 Å². The van der Waals surface area contributed by atoms with Crippen LogP contribution in [0.2, 0.25) is 0 Å². The van der Waals surface area contributed by atoms with Gasteiger partial charge in [-0.1, -0.05) is 0 Å². The normalized spacial score (nSPS) is 11.1. The van der Waals surface area contributed by atoms with Crippen LogP contribution in [-0.2, 0) is 9.53 Å². The smallest absolute Gasteiger partial charge is 0.407 e. The lowest BCUT2D eigenvalue weighted by molar-refractivity contribution is -0.384. The number of nitro groups is 1. The number of hydrogen-bond acceptors (Lipinski definition) is 8. The number of nitrogens with zero attached hydrogens (tertiary/aromatic N) is 2. The quantitative estimate of drug-likeness (QED) is 0.195. The minimum absolute atomic E-state index is 0.0827. The number of nitro benzene ring substituents is 1. The number of hydrogen-bond donors (Lipinski definition) is 3. The van der Waals surface area contributed by atoms with Gasteiger partial charge >= 0.3 is 6.09 Å².